The molecule has 3 rings (SSSR count). The molecule has 28 heavy (non-hydrogen) atoms. The summed E-state index contributed by atoms with van der Waals surface area (Å²) >= 11 is 0. The van der Waals surface area contributed by atoms with Gasteiger partial charge in [-0.05, 0) is 30.2 Å². The zero-order chi connectivity index (χ0) is 19.6. The molecule has 3 aromatic rings. The van der Waals surface area contributed by atoms with E-state index in [1.807, 2.05) is 19.1 Å². The van der Waals surface area contributed by atoms with Gasteiger partial charge in [-0.3, -0.25) is 4.98 Å². The van der Waals surface area contributed by atoms with Crippen molar-refractivity contribution in [3.05, 3.63) is 102 Å². The summed E-state index contributed by atoms with van der Waals surface area (Å²) < 4.78 is 13.8. The molecule has 144 valence electrons. The number of hydrogen-bond acceptors (Lipinski definition) is 2. The van der Waals surface area contributed by atoms with Gasteiger partial charge in [0.05, 0.1) is 12.2 Å². The van der Waals surface area contributed by atoms with Crippen LogP contribution in [0, 0.1) is 5.82 Å². The van der Waals surface area contributed by atoms with Crippen LogP contribution in [-0.2, 0) is 6.54 Å². The van der Waals surface area contributed by atoms with E-state index in [2.05, 4.69) is 69.1 Å². The lowest BCUT2D eigenvalue weighted by atomic mass is 9.91. The van der Waals surface area contributed by atoms with Crippen molar-refractivity contribution in [3.8, 4) is 0 Å². The van der Waals surface area contributed by atoms with Crippen LogP contribution in [0.3, 0.4) is 0 Å². The first-order chi connectivity index (χ1) is 13.8. The molecule has 2 N–H and O–H groups in total. The second-order valence-electron chi connectivity index (χ2n) is 6.38. The third-order valence-corrected chi connectivity index (χ3v) is 4.44. The van der Waals surface area contributed by atoms with Crippen molar-refractivity contribution in [1.82, 2.24) is 15.6 Å². The van der Waals surface area contributed by atoms with Crippen LogP contribution in [0.25, 0.3) is 0 Å². The van der Waals surface area contributed by atoms with Crippen LogP contribution >= 0.6 is 0 Å². The molecule has 0 atom stereocenters. The summed E-state index contributed by atoms with van der Waals surface area (Å²) in [5.74, 6) is 0.482. The SMILES string of the molecule is CCNC(=NCc1ncccc1F)NCC(c1ccccc1)c1ccccc1. The summed E-state index contributed by atoms with van der Waals surface area (Å²) in [6.45, 7) is 3.58. The normalized spacial score (nSPS) is 11.5. The second kappa shape index (κ2) is 10.2. The molecule has 0 fully saturated rings. The van der Waals surface area contributed by atoms with Gasteiger partial charge in [-0.25, -0.2) is 9.38 Å². The average molecular weight is 376 g/mol. The van der Waals surface area contributed by atoms with Gasteiger partial charge in [0.1, 0.15) is 5.82 Å². The number of nitrogens with one attached hydrogen (secondary N) is 2. The van der Waals surface area contributed by atoms with E-state index in [-0.39, 0.29) is 18.3 Å². The van der Waals surface area contributed by atoms with Crippen LogP contribution in [0.4, 0.5) is 4.39 Å². The number of benzene rings is 2. The number of hydrogen-bond donors (Lipinski definition) is 2. The van der Waals surface area contributed by atoms with E-state index in [4.69, 9.17) is 0 Å². The first-order valence-electron chi connectivity index (χ1n) is 9.49. The number of halogens is 1. The molecule has 0 saturated carbocycles. The molecular formula is C23H25FN4. The first kappa shape index (κ1) is 19.5. The molecule has 0 aliphatic carbocycles. The van der Waals surface area contributed by atoms with Gasteiger partial charge in [-0.15, -0.1) is 0 Å². The van der Waals surface area contributed by atoms with Crippen LogP contribution in [0.15, 0.2) is 84.0 Å². The van der Waals surface area contributed by atoms with E-state index < -0.39 is 0 Å². The van der Waals surface area contributed by atoms with E-state index in [1.54, 1.807) is 12.3 Å². The van der Waals surface area contributed by atoms with Crippen molar-refractivity contribution < 1.29 is 4.39 Å². The summed E-state index contributed by atoms with van der Waals surface area (Å²) in [6.07, 6.45) is 1.58. The van der Waals surface area contributed by atoms with Gasteiger partial charge in [0.25, 0.3) is 0 Å². The fourth-order valence-corrected chi connectivity index (χ4v) is 3.03. The van der Waals surface area contributed by atoms with Crippen molar-refractivity contribution in [1.29, 1.82) is 0 Å². The second-order valence-corrected chi connectivity index (χ2v) is 6.38. The van der Waals surface area contributed by atoms with E-state index in [0.717, 1.165) is 6.54 Å². The summed E-state index contributed by atoms with van der Waals surface area (Å²) in [6, 6.07) is 23.7. The van der Waals surface area contributed by atoms with Crippen molar-refractivity contribution >= 4 is 5.96 Å². The standard InChI is InChI=1S/C23H25FN4/c1-2-25-23(28-17-22-21(24)14-9-15-26-22)27-16-20(18-10-5-3-6-11-18)19-12-7-4-8-13-19/h3-15,20H,2,16-17H2,1H3,(H2,25,27,28). The lowest BCUT2D eigenvalue weighted by Crippen LogP contribution is -2.39. The quantitative estimate of drug-likeness (QED) is 0.482. The fourth-order valence-electron chi connectivity index (χ4n) is 3.03. The summed E-state index contributed by atoms with van der Waals surface area (Å²) in [5.41, 5.74) is 2.79. The lowest BCUT2D eigenvalue weighted by Gasteiger charge is -2.20. The van der Waals surface area contributed by atoms with Crippen molar-refractivity contribution in [2.45, 2.75) is 19.4 Å². The Kier molecular flexibility index (Phi) is 7.13. The minimum absolute atomic E-state index is 0.179. The van der Waals surface area contributed by atoms with Gasteiger partial charge in [-0.2, -0.15) is 0 Å². The van der Waals surface area contributed by atoms with Gasteiger partial charge in [0.15, 0.2) is 5.96 Å². The lowest BCUT2D eigenvalue weighted by molar-refractivity contribution is 0.599. The van der Waals surface area contributed by atoms with Crippen LogP contribution in [0.1, 0.15) is 29.7 Å². The molecule has 0 aliphatic heterocycles. The summed E-state index contributed by atoms with van der Waals surface area (Å²) in [4.78, 5) is 8.56. The minimum Gasteiger partial charge on any atom is -0.357 e. The van der Waals surface area contributed by atoms with E-state index in [0.29, 0.717) is 18.2 Å². The van der Waals surface area contributed by atoms with Gasteiger partial charge in [0, 0.05) is 25.2 Å². The number of pyridine rings is 1. The molecule has 0 aliphatic rings. The molecule has 0 radical (unpaired) electrons. The molecule has 2 aromatic carbocycles. The Labute approximate surface area is 165 Å². The Morgan fingerprint density at radius 3 is 2.14 bits per heavy atom. The van der Waals surface area contributed by atoms with Gasteiger partial charge in [-0.1, -0.05) is 60.7 Å². The minimum atomic E-state index is -0.339. The van der Waals surface area contributed by atoms with Gasteiger partial charge >= 0.3 is 0 Å². The predicted octanol–water partition coefficient (Wildman–Crippen LogP) is 4.11. The Morgan fingerprint density at radius 1 is 0.929 bits per heavy atom. The number of rotatable bonds is 7. The van der Waals surface area contributed by atoms with Crippen LogP contribution < -0.4 is 10.6 Å². The van der Waals surface area contributed by atoms with Crippen LogP contribution in [0.5, 0.6) is 0 Å². The maximum atomic E-state index is 13.8. The fraction of sp³-hybridized carbons (Fsp3) is 0.217. The molecule has 0 bridgehead atoms. The topological polar surface area (TPSA) is 49.3 Å². The number of nitrogens with zero attached hydrogens (tertiary/aromatic N) is 2. The van der Waals surface area contributed by atoms with Gasteiger partial charge in [0.2, 0.25) is 0 Å². The highest BCUT2D eigenvalue weighted by atomic mass is 19.1. The third kappa shape index (κ3) is 5.39. The maximum Gasteiger partial charge on any atom is 0.191 e. The number of aromatic nitrogens is 1. The molecule has 1 aromatic heterocycles. The maximum absolute atomic E-state index is 13.8. The molecular weight excluding hydrogens is 351 g/mol. The van der Waals surface area contributed by atoms with Crippen LogP contribution in [0.2, 0.25) is 0 Å². The molecule has 5 heteroatoms. The zero-order valence-corrected chi connectivity index (χ0v) is 16.0. The van der Waals surface area contributed by atoms with Crippen molar-refractivity contribution in [2.24, 2.45) is 4.99 Å². The largest absolute Gasteiger partial charge is 0.357 e. The molecule has 4 nitrogen and oxygen atoms in total. The summed E-state index contributed by atoms with van der Waals surface area (Å²) in [5, 5.41) is 6.62. The highest BCUT2D eigenvalue weighted by Gasteiger charge is 2.14. The van der Waals surface area contributed by atoms with Crippen molar-refractivity contribution in [2.75, 3.05) is 13.1 Å². The molecule has 0 saturated heterocycles. The molecule has 0 unspecified atom stereocenters. The highest BCUT2D eigenvalue weighted by Crippen LogP contribution is 2.23. The Balaban J connectivity index is 1.76. The predicted molar refractivity (Wildman–Crippen MR) is 112 cm³/mol. The zero-order valence-electron chi connectivity index (χ0n) is 16.0. The number of guanidine groups is 1. The molecule has 0 spiro atoms. The monoisotopic (exact) mass is 376 g/mol. The van der Waals surface area contributed by atoms with Crippen molar-refractivity contribution in [3.63, 3.8) is 0 Å². The van der Waals surface area contributed by atoms with E-state index >= 15 is 0 Å². The van der Waals surface area contributed by atoms with Gasteiger partial charge < -0.3 is 10.6 Å². The summed E-state index contributed by atoms with van der Waals surface area (Å²) in [7, 11) is 0. The Hall–Kier alpha value is -3.21. The molecule has 0 amide bonds. The Bertz CT molecular complexity index is 842. The number of aliphatic imine (C=N–C) groups is 1. The average Bonchev–Trinajstić information content (AvgIpc) is 2.74. The molecule has 1 heterocycles. The Morgan fingerprint density at radius 2 is 1.57 bits per heavy atom. The smallest absolute Gasteiger partial charge is 0.191 e. The van der Waals surface area contributed by atoms with Crippen LogP contribution in [-0.4, -0.2) is 24.0 Å². The first-order valence-corrected chi connectivity index (χ1v) is 9.49. The highest BCUT2D eigenvalue weighted by molar-refractivity contribution is 5.79. The van der Waals surface area contributed by atoms with E-state index in [9.17, 15) is 4.39 Å². The van der Waals surface area contributed by atoms with E-state index in [1.165, 1.54) is 17.2 Å². The third-order valence-electron chi connectivity index (χ3n) is 4.44.